The Morgan fingerprint density at radius 1 is 1.06 bits per heavy atom. The second-order valence-electron chi connectivity index (χ2n) is 3.80. The van der Waals surface area contributed by atoms with Gasteiger partial charge < -0.3 is 4.74 Å². The number of hydrogen-bond donors (Lipinski definition) is 0. The Morgan fingerprint density at radius 2 is 1.71 bits per heavy atom. The van der Waals surface area contributed by atoms with Crippen LogP contribution in [0.3, 0.4) is 0 Å². The summed E-state index contributed by atoms with van der Waals surface area (Å²) in [5.74, 6) is 2.13. The molecule has 0 aromatic heterocycles. The summed E-state index contributed by atoms with van der Waals surface area (Å²) < 4.78 is 6.71. The van der Waals surface area contributed by atoms with Crippen molar-refractivity contribution in [1.82, 2.24) is 0 Å². The Kier molecular flexibility index (Phi) is 4.08. The first-order valence-corrected chi connectivity index (χ1v) is 6.60. The van der Waals surface area contributed by atoms with Gasteiger partial charge in [0.15, 0.2) is 0 Å². The number of rotatable bonds is 3. The Morgan fingerprint density at radius 3 is 2.29 bits per heavy atom. The number of ether oxygens (including phenoxy) is 1. The van der Waals surface area contributed by atoms with Crippen LogP contribution in [0.15, 0.2) is 46.9 Å². The van der Waals surface area contributed by atoms with E-state index in [0.717, 1.165) is 21.5 Å². The minimum absolute atomic E-state index is 0.491. The fraction of sp³-hybridized carbons (Fsp3) is 0.143. The molecule has 2 aromatic rings. The van der Waals surface area contributed by atoms with Crippen molar-refractivity contribution >= 4 is 27.5 Å². The Labute approximate surface area is 115 Å². The van der Waals surface area contributed by atoms with Crippen molar-refractivity contribution in [3.63, 3.8) is 0 Å². The molecule has 1 nitrogen and oxygen atoms in total. The second kappa shape index (κ2) is 5.56. The van der Waals surface area contributed by atoms with Crippen LogP contribution in [-0.4, -0.2) is 0 Å². The highest BCUT2D eigenvalue weighted by Gasteiger charge is 2.02. The molecule has 0 heterocycles. The molecular weight excluding hydrogens is 300 g/mol. The number of hydrogen-bond acceptors (Lipinski definition) is 1. The Bertz CT molecular complexity index is 508. The zero-order chi connectivity index (χ0) is 12.3. The molecule has 17 heavy (non-hydrogen) atoms. The van der Waals surface area contributed by atoms with Crippen LogP contribution in [0.25, 0.3) is 0 Å². The van der Waals surface area contributed by atoms with E-state index in [1.807, 2.05) is 42.5 Å². The van der Waals surface area contributed by atoms with Crippen LogP contribution in [0.2, 0.25) is 0 Å². The zero-order valence-corrected chi connectivity index (χ0v) is 11.8. The molecule has 0 fully saturated rings. The van der Waals surface area contributed by atoms with Gasteiger partial charge in [0, 0.05) is 10.4 Å². The van der Waals surface area contributed by atoms with Crippen molar-refractivity contribution in [2.24, 2.45) is 0 Å². The van der Waals surface area contributed by atoms with E-state index in [1.165, 1.54) is 5.56 Å². The van der Waals surface area contributed by atoms with E-state index in [1.54, 1.807) is 0 Å². The lowest BCUT2D eigenvalue weighted by Gasteiger charge is -2.08. The molecule has 0 unspecified atom stereocenters. The van der Waals surface area contributed by atoms with Crippen LogP contribution in [0.1, 0.15) is 11.1 Å². The molecule has 2 rings (SSSR count). The normalized spacial score (nSPS) is 10.3. The average molecular weight is 312 g/mol. The highest BCUT2D eigenvalue weighted by atomic mass is 79.9. The lowest BCUT2D eigenvalue weighted by atomic mass is 10.2. The van der Waals surface area contributed by atoms with E-state index in [4.69, 9.17) is 16.3 Å². The van der Waals surface area contributed by atoms with Gasteiger partial charge in [-0.2, -0.15) is 0 Å². The van der Waals surface area contributed by atoms with E-state index < -0.39 is 0 Å². The van der Waals surface area contributed by atoms with Gasteiger partial charge in [0.25, 0.3) is 0 Å². The van der Waals surface area contributed by atoms with Gasteiger partial charge in [-0.3, -0.25) is 0 Å². The summed E-state index contributed by atoms with van der Waals surface area (Å²) in [6, 6.07) is 13.8. The third-order valence-corrected chi connectivity index (χ3v) is 3.45. The van der Waals surface area contributed by atoms with Crippen LogP contribution in [0.4, 0.5) is 0 Å². The second-order valence-corrected chi connectivity index (χ2v) is 4.92. The predicted octanol–water partition coefficient (Wildman–Crippen LogP) is 5.29. The predicted molar refractivity (Wildman–Crippen MR) is 75.0 cm³/mol. The summed E-state index contributed by atoms with van der Waals surface area (Å²) in [6.07, 6.45) is 0. The smallest absolute Gasteiger partial charge is 0.128 e. The van der Waals surface area contributed by atoms with Crippen molar-refractivity contribution in [2.45, 2.75) is 12.8 Å². The van der Waals surface area contributed by atoms with Crippen LogP contribution < -0.4 is 4.74 Å². The first-order valence-electron chi connectivity index (χ1n) is 5.28. The van der Waals surface area contributed by atoms with Gasteiger partial charge in [-0.25, -0.2) is 0 Å². The maximum absolute atomic E-state index is 5.79. The molecule has 0 saturated carbocycles. The third kappa shape index (κ3) is 3.24. The fourth-order valence-corrected chi connectivity index (χ4v) is 2.33. The van der Waals surface area contributed by atoms with Crippen LogP contribution in [0.5, 0.6) is 11.5 Å². The summed E-state index contributed by atoms with van der Waals surface area (Å²) in [5.41, 5.74) is 2.28. The number of halogens is 2. The maximum Gasteiger partial charge on any atom is 0.128 e. The van der Waals surface area contributed by atoms with Crippen molar-refractivity contribution in [2.75, 3.05) is 0 Å². The van der Waals surface area contributed by atoms with E-state index in [0.29, 0.717) is 5.88 Å². The molecular formula is C14H12BrClO. The Balaban J connectivity index is 2.19. The van der Waals surface area contributed by atoms with Gasteiger partial charge in [-0.05, 0) is 36.8 Å². The quantitative estimate of drug-likeness (QED) is 0.700. The highest BCUT2D eigenvalue weighted by molar-refractivity contribution is 9.10. The molecule has 0 atom stereocenters. The van der Waals surface area contributed by atoms with Gasteiger partial charge >= 0.3 is 0 Å². The summed E-state index contributed by atoms with van der Waals surface area (Å²) in [6.45, 7) is 2.05. The molecule has 0 N–H and O–H groups in total. The molecule has 2 aromatic carbocycles. The molecule has 0 aliphatic carbocycles. The number of benzene rings is 2. The zero-order valence-electron chi connectivity index (χ0n) is 9.41. The minimum atomic E-state index is 0.491. The van der Waals surface area contributed by atoms with E-state index >= 15 is 0 Å². The third-order valence-electron chi connectivity index (χ3n) is 2.43. The number of alkyl halides is 1. The summed E-state index contributed by atoms with van der Waals surface area (Å²) >= 11 is 9.26. The first kappa shape index (κ1) is 12.5. The molecule has 0 spiro atoms. The largest absolute Gasteiger partial charge is 0.457 e. The van der Waals surface area contributed by atoms with E-state index in [-0.39, 0.29) is 0 Å². The van der Waals surface area contributed by atoms with Gasteiger partial charge in [0.2, 0.25) is 0 Å². The standard InChI is InChI=1S/C14H12BrClO/c1-10-2-5-12(6-3-10)17-13-7-4-11(9-16)14(15)8-13/h2-8H,9H2,1H3. The lowest BCUT2D eigenvalue weighted by molar-refractivity contribution is 0.482. The molecule has 0 aliphatic rings. The molecule has 0 saturated heterocycles. The van der Waals surface area contributed by atoms with E-state index in [2.05, 4.69) is 22.9 Å². The average Bonchev–Trinajstić information content (AvgIpc) is 2.32. The first-order chi connectivity index (χ1) is 8.19. The van der Waals surface area contributed by atoms with Crippen LogP contribution in [-0.2, 0) is 5.88 Å². The van der Waals surface area contributed by atoms with Gasteiger partial charge in [0.05, 0.1) is 0 Å². The summed E-state index contributed by atoms with van der Waals surface area (Å²) in [7, 11) is 0. The molecule has 0 aliphatic heterocycles. The molecule has 0 bridgehead atoms. The van der Waals surface area contributed by atoms with Crippen LogP contribution >= 0.6 is 27.5 Å². The van der Waals surface area contributed by atoms with Crippen LogP contribution in [0, 0.1) is 6.92 Å². The summed E-state index contributed by atoms with van der Waals surface area (Å²) in [5, 5.41) is 0. The van der Waals surface area contributed by atoms with Gasteiger partial charge in [-0.15, -0.1) is 11.6 Å². The van der Waals surface area contributed by atoms with Crippen molar-refractivity contribution in [1.29, 1.82) is 0 Å². The minimum Gasteiger partial charge on any atom is -0.457 e. The topological polar surface area (TPSA) is 9.23 Å². The van der Waals surface area contributed by atoms with E-state index in [9.17, 15) is 0 Å². The Hall–Kier alpha value is -0.990. The van der Waals surface area contributed by atoms with Crippen molar-refractivity contribution in [3.05, 3.63) is 58.1 Å². The van der Waals surface area contributed by atoms with Gasteiger partial charge in [0.1, 0.15) is 11.5 Å². The number of aryl methyl sites for hydroxylation is 1. The summed E-state index contributed by atoms with van der Waals surface area (Å²) in [4.78, 5) is 0. The lowest BCUT2D eigenvalue weighted by Crippen LogP contribution is -1.86. The molecule has 3 heteroatoms. The van der Waals surface area contributed by atoms with Crippen molar-refractivity contribution in [3.8, 4) is 11.5 Å². The van der Waals surface area contributed by atoms with Gasteiger partial charge in [-0.1, -0.05) is 39.7 Å². The fourth-order valence-electron chi connectivity index (χ4n) is 1.44. The highest BCUT2D eigenvalue weighted by Crippen LogP contribution is 2.28. The SMILES string of the molecule is Cc1ccc(Oc2ccc(CCl)c(Br)c2)cc1. The maximum atomic E-state index is 5.79. The molecule has 88 valence electrons. The monoisotopic (exact) mass is 310 g/mol. The molecule has 0 amide bonds. The van der Waals surface area contributed by atoms with Crippen molar-refractivity contribution < 1.29 is 4.74 Å². The molecule has 0 radical (unpaired) electrons.